The van der Waals surface area contributed by atoms with Crippen molar-refractivity contribution in [2.24, 2.45) is 0 Å². The summed E-state index contributed by atoms with van der Waals surface area (Å²) in [5.41, 5.74) is 0.132. The predicted molar refractivity (Wildman–Crippen MR) is 197 cm³/mol. The van der Waals surface area contributed by atoms with E-state index in [1.54, 1.807) is 103 Å². The van der Waals surface area contributed by atoms with Crippen molar-refractivity contribution in [1.29, 1.82) is 0 Å². The first-order valence-electron chi connectivity index (χ1n) is 15.6. The Labute approximate surface area is 307 Å². The van der Waals surface area contributed by atoms with Gasteiger partial charge < -0.3 is 25.4 Å². The first kappa shape index (κ1) is 37.5. The SMILES string of the molecule is COc1ccc(/C=C(/NC(=O)c2ccccc2)C(=O)Nc2cccc(SC(C(=O)Nc3ccc(Cl)cc3C(F)(F)F)c3ccccc3)c2)cc1OC. The van der Waals surface area contributed by atoms with Gasteiger partial charge >= 0.3 is 6.18 Å². The minimum Gasteiger partial charge on any atom is -0.493 e. The van der Waals surface area contributed by atoms with E-state index >= 15 is 0 Å². The molecule has 5 aromatic carbocycles. The third-order valence-electron chi connectivity index (χ3n) is 7.48. The van der Waals surface area contributed by atoms with Gasteiger partial charge in [0, 0.05) is 21.2 Å². The van der Waals surface area contributed by atoms with Gasteiger partial charge in [-0.3, -0.25) is 14.4 Å². The van der Waals surface area contributed by atoms with Crippen molar-refractivity contribution in [2.75, 3.05) is 24.9 Å². The number of anilines is 2. The van der Waals surface area contributed by atoms with E-state index in [0.29, 0.717) is 38.8 Å². The third-order valence-corrected chi connectivity index (χ3v) is 8.96. The number of rotatable bonds is 12. The van der Waals surface area contributed by atoms with Gasteiger partial charge in [0.2, 0.25) is 5.91 Å². The molecule has 0 bridgehead atoms. The van der Waals surface area contributed by atoms with Gasteiger partial charge in [-0.1, -0.05) is 72.3 Å². The van der Waals surface area contributed by atoms with Crippen LogP contribution in [0.4, 0.5) is 24.5 Å². The number of carbonyl (C=O) groups is 3. The molecule has 5 aromatic rings. The number of carbonyl (C=O) groups excluding carboxylic acids is 3. The number of nitrogens with one attached hydrogen (secondary N) is 3. The Hall–Kier alpha value is -5.72. The quantitative estimate of drug-likeness (QED) is 0.0869. The van der Waals surface area contributed by atoms with E-state index in [1.165, 1.54) is 26.4 Å². The highest BCUT2D eigenvalue weighted by molar-refractivity contribution is 8.00. The third kappa shape index (κ3) is 9.74. The summed E-state index contributed by atoms with van der Waals surface area (Å²) in [4.78, 5) is 41.0. The molecule has 3 amide bonds. The fraction of sp³-hybridized carbons (Fsp3) is 0.103. The van der Waals surface area contributed by atoms with Crippen LogP contribution in [-0.4, -0.2) is 31.9 Å². The van der Waals surface area contributed by atoms with Gasteiger partial charge in [0.1, 0.15) is 10.9 Å². The summed E-state index contributed by atoms with van der Waals surface area (Å²) in [6.45, 7) is 0. The first-order chi connectivity index (χ1) is 24.9. The second kappa shape index (κ2) is 17.0. The van der Waals surface area contributed by atoms with Crippen LogP contribution < -0.4 is 25.4 Å². The first-order valence-corrected chi connectivity index (χ1v) is 16.8. The van der Waals surface area contributed by atoms with Crippen LogP contribution in [0.3, 0.4) is 0 Å². The maximum Gasteiger partial charge on any atom is 0.418 e. The number of halogens is 4. The number of hydrogen-bond acceptors (Lipinski definition) is 6. The maximum atomic E-state index is 13.8. The fourth-order valence-electron chi connectivity index (χ4n) is 4.99. The van der Waals surface area contributed by atoms with Crippen LogP contribution in [-0.2, 0) is 15.8 Å². The number of alkyl halides is 3. The molecular formula is C39H31ClF3N3O5S. The molecule has 266 valence electrons. The molecule has 0 heterocycles. The second-order valence-electron chi connectivity index (χ2n) is 11.1. The molecule has 0 saturated carbocycles. The van der Waals surface area contributed by atoms with Crippen molar-refractivity contribution in [3.63, 3.8) is 0 Å². The molecule has 0 saturated heterocycles. The Bertz CT molecular complexity index is 2100. The van der Waals surface area contributed by atoms with Gasteiger partial charge in [-0.25, -0.2) is 0 Å². The van der Waals surface area contributed by atoms with E-state index in [1.807, 2.05) is 0 Å². The molecule has 0 aliphatic rings. The lowest BCUT2D eigenvalue weighted by molar-refractivity contribution is -0.137. The zero-order chi connectivity index (χ0) is 37.3. The zero-order valence-electron chi connectivity index (χ0n) is 27.7. The standard InChI is InChI=1S/C39H31ClF3N3O5S/c1-50-33-19-16-24(21-34(33)51-2)20-32(46-36(47)26-12-7-4-8-13-26)37(48)44-28-14-9-15-29(23-28)52-35(25-10-5-3-6-11-25)38(49)45-31-18-17-27(40)22-30(31)39(41,42)43/h3-23,35H,1-2H3,(H,44,48)(H,45,49)(H,46,47)/b32-20+. The molecule has 0 fully saturated rings. The largest absolute Gasteiger partial charge is 0.493 e. The Balaban J connectivity index is 1.42. The number of benzene rings is 5. The molecule has 1 unspecified atom stereocenters. The van der Waals surface area contributed by atoms with Crippen molar-refractivity contribution in [1.82, 2.24) is 5.32 Å². The molecule has 0 aromatic heterocycles. The normalized spacial score (nSPS) is 12.0. The van der Waals surface area contributed by atoms with Crippen molar-refractivity contribution in [3.05, 3.63) is 154 Å². The molecule has 1 atom stereocenters. The molecule has 0 spiro atoms. The lowest BCUT2D eigenvalue weighted by Gasteiger charge is -2.20. The lowest BCUT2D eigenvalue weighted by Crippen LogP contribution is -2.30. The van der Waals surface area contributed by atoms with Crippen LogP contribution in [0, 0.1) is 0 Å². The van der Waals surface area contributed by atoms with E-state index in [2.05, 4.69) is 16.0 Å². The lowest BCUT2D eigenvalue weighted by atomic mass is 10.1. The Kier molecular flexibility index (Phi) is 12.3. The average molecular weight is 746 g/mol. The molecule has 0 radical (unpaired) electrons. The highest BCUT2D eigenvalue weighted by atomic mass is 35.5. The number of hydrogen-bond donors (Lipinski definition) is 3. The summed E-state index contributed by atoms with van der Waals surface area (Å²) < 4.78 is 52.1. The molecule has 8 nitrogen and oxygen atoms in total. The molecule has 0 aliphatic heterocycles. The van der Waals surface area contributed by atoms with Crippen LogP contribution in [0.15, 0.2) is 132 Å². The summed E-state index contributed by atoms with van der Waals surface area (Å²) >= 11 is 6.90. The minimum atomic E-state index is -4.76. The highest BCUT2D eigenvalue weighted by Crippen LogP contribution is 2.40. The van der Waals surface area contributed by atoms with Crippen LogP contribution in [0.1, 0.15) is 32.3 Å². The van der Waals surface area contributed by atoms with Gasteiger partial charge in [-0.15, -0.1) is 11.8 Å². The van der Waals surface area contributed by atoms with Crippen molar-refractivity contribution >= 4 is 58.5 Å². The van der Waals surface area contributed by atoms with Crippen LogP contribution in [0.2, 0.25) is 5.02 Å². The minimum absolute atomic E-state index is 0.0795. The second-order valence-corrected chi connectivity index (χ2v) is 12.7. The number of thioether (sulfide) groups is 1. The van der Waals surface area contributed by atoms with Crippen molar-refractivity contribution in [2.45, 2.75) is 16.3 Å². The van der Waals surface area contributed by atoms with Gasteiger partial charge in [0.25, 0.3) is 11.8 Å². The monoisotopic (exact) mass is 745 g/mol. The summed E-state index contributed by atoms with van der Waals surface area (Å²) in [7, 11) is 2.97. The molecule has 52 heavy (non-hydrogen) atoms. The summed E-state index contributed by atoms with van der Waals surface area (Å²) in [6, 6.07) is 31.7. The summed E-state index contributed by atoms with van der Waals surface area (Å²) in [5.74, 6) is -0.983. The molecule has 0 aliphatic carbocycles. The van der Waals surface area contributed by atoms with E-state index in [9.17, 15) is 27.6 Å². The van der Waals surface area contributed by atoms with E-state index in [0.717, 1.165) is 23.9 Å². The van der Waals surface area contributed by atoms with Crippen LogP contribution in [0.25, 0.3) is 6.08 Å². The highest BCUT2D eigenvalue weighted by Gasteiger charge is 2.35. The summed E-state index contributed by atoms with van der Waals surface area (Å²) in [5, 5.41) is 6.78. The molecule has 3 N–H and O–H groups in total. The van der Waals surface area contributed by atoms with Gasteiger partial charge in [0.05, 0.1) is 25.5 Å². The molecular weight excluding hydrogens is 715 g/mol. The maximum absolute atomic E-state index is 13.8. The van der Waals surface area contributed by atoms with Gasteiger partial charge in [0.15, 0.2) is 11.5 Å². The molecule has 13 heteroatoms. The number of methoxy groups -OCH3 is 2. The van der Waals surface area contributed by atoms with Crippen LogP contribution >= 0.6 is 23.4 Å². The Morgan fingerprint density at radius 2 is 1.46 bits per heavy atom. The van der Waals surface area contributed by atoms with Crippen molar-refractivity contribution < 1.29 is 37.0 Å². The van der Waals surface area contributed by atoms with Crippen molar-refractivity contribution in [3.8, 4) is 11.5 Å². The molecule has 5 rings (SSSR count). The predicted octanol–water partition coefficient (Wildman–Crippen LogP) is 9.26. The number of ether oxygens (including phenoxy) is 2. The Morgan fingerprint density at radius 3 is 2.13 bits per heavy atom. The van der Waals surface area contributed by atoms with Gasteiger partial charge in [-0.05, 0) is 77.9 Å². The van der Waals surface area contributed by atoms with E-state index in [-0.39, 0.29) is 10.7 Å². The van der Waals surface area contributed by atoms with Gasteiger partial charge in [-0.2, -0.15) is 13.2 Å². The Morgan fingerprint density at radius 1 is 0.769 bits per heavy atom. The smallest absolute Gasteiger partial charge is 0.418 e. The van der Waals surface area contributed by atoms with Crippen LogP contribution in [0.5, 0.6) is 11.5 Å². The average Bonchev–Trinajstić information content (AvgIpc) is 3.14. The van der Waals surface area contributed by atoms with E-state index < -0.39 is 40.4 Å². The zero-order valence-corrected chi connectivity index (χ0v) is 29.2. The number of amides is 3. The summed E-state index contributed by atoms with van der Waals surface area (Å²) in [6.07, 6.45) is -3.28. The fourth-order valence-corrected chi connectivity index (χ4v) is 6.25. The topological polar surface area (TPSA) is 106 Å². The van der Waals surface area contributed by atoms with E-state index in [4.69, 9.17) is 21.1 Å².